The molecule has 0 amide bonds. The van der Waals surface area contributed by atoms with Crippen molar-refractivity contribution in [3.05, 3.63) is 29.3 Å². The van der Waals surface area contributed by atoms with Gasteiger partial charge in [0.05, 0.1) is 0 Å². The Morgan fingerprint density at radius 2 is 1.68 bits per heavy atom. The van der Waals surface area contributed by atoms with Crippen molar-refractivity contribution in [2.75, 3.05) is 13.1 Å². The molecule has 0 saturated heterocycles. The second kappa shape index (κ2) is 7.54. The quantitative estimate of drug-likeness (QED) is 0.804. The van der Waals surface area contributed by atoms with Gasteiger partial charge in [0.2, 0.25) is 0 Å². The van der Waals surface area contributed by atoms with E-state index < -0.39 is 0 Å². The molecule has 1 rings (SSSR count). The highest BCUT2D eigenvalue weighted by Crippen LogP contribution is 2.19. The number of aryl methyl sites for hydroxylation is 2. The molecule has 0 aliphatic rings. The van der Waals surface area contributed by atoms with Gasteiger partial charge in [0.15, 0.2) is 0 Å². The molecule has 0 saturated carbocycles. The highest BCUT2D eigenvalue weighted by atomic mass is 16.5. The van der Waals surface area contributed by atoms with Gasteiger partial charge in [-0.05, 0) is 55.5 Å². The lowest BCUT2D eigenvalue weighted by Crippen LogP contribution is -2.36. The van der Waals surface area contributed by atoms with E-state index in [9.17, 15) is 0 Å². The van der Waals surface area contributed by atoms with E-state index in [2.05, 4.69) is 65.1 Å². The molecule has 0 bridgehead atoms. The zero-order valence-electron chi connectivity index (χ0n) is 13.3. The van der Waals surface area contributed by atoms with Crippen LogP contribution in [0.15, 0.2) is 18.2 Å². The van der Waals surface area contributed by atoms with Gasteiger partial charge in [0.1, 0.15) is 11.9 Å². The molecule has 19 heavy (non-hydrogen) atoms. The maximum atomic E-state index is 6.13. The summed E-state index contributed by atoms with van der Waals surface area (Å²) in [6.07, 6.45) is 0.223. The third-order valence-electron chi connectivity index (χ3n) is 3.41. The Labute approximate surface area is 118 Å². The monoisotopic (exact) mass is 263 g/mol. The Balaban J connectivity index is 2.59. The number of nitrogens with one attached hydrogen (secondary N) is 1. The maximum absolute atomic E-state index is 6.13. The van der Waals surface area contributed by atoms with Crippen LogP contribution in [-0.4, -0.2) is 19.2 Å². The highest BCUT2D eigenvalue weighted by Gasteiger charge is 2.15. The lowest BCUT2D eigenvalue weighted by atomic mass is 10.1. The second-order valence-corrected chi connectivity index (χ2v) is 6.20. The summed E-state index contributed by atoms with van der Waals surface area (Å²) in [5.41, 5.74) is 2.60. The molecule has 0 aliphatic heterocycles. The van der Waals surface area contributed by atoms with Crippen LogP contribution in [0.1, 0.15) is 38.8 Å². The molecule has 2 heteroatoms. The standard InChI is InChI=1S/C17H29NO/c1-12(2)10-18-11-17(13(3)4)19-16-8-7-14(5)15(6)9-16/h7-9,12-13,17-18H,10-11H2,1-6H3. The Morgan fingerprint density at radius 3 is 2.21 bits per heavy atom. The zero-order chi connectivity index (χ0) is 14.4. The molecule has 1 aromatic carbocycles. The van der Waals surface area contributed by atoms with E-state index >= 15 is 0 Å². The topological polar surface area (TPSA) is 21.3 Å². The van der Waals surface area contributed by atoms with Crippen LogP contribution in [0.5, 0.6) is 5.75 Å². The van der Waals surface area contributed by atoms with Crippen molar-refractivity contribution < 1.29 is 4.74 Å². The van der Waals surface area contributed by atoms with Crippen molar-refractivity contribution >= 4 is 0 Å². The normalized spacial score (nSPS) is 13.1. The van der Waals surface area contributed by atoms with Gasteiger partial charge in [-0.25, -0.2) is 0 Å². The number of rotatable bonds is 7. The molecule has 0 aliphatic carbocycles. The number of hydrogen-bond donors (Lipinski definition) is 1. The average Bonchev–Trinajstić information content (AvgIpc) is 2.32. The lowest BCUT2D eigenvalue weighted by molar-refractivity contribution is 0.148. The summed E-state index contributed by atoms with van der Waals surface area (Å²) in [5.74, 6) is 2.16. The lowest BCUT2D eigenvalue weighted by Gasteiger charge is -2.24. The number of ether oxygens (including phenoxy) is 1. The van der Waals surface area contributed by atoms with Crippen LogP contribution in [-0.2, 0) is 0 Å². The molecule has 1 unspecified atom stereocenters. The van der Waals surface area contributed by atoms with E-state index in [4.69, 9.17) is 4.74 Å². The molecular formula is C17H29NO. The van der Waals surface area contributed by atoms with Gasteiger partial charge in [0.25, 0.3) is 0 Å². The largest absolute Gasteiger partial charge is 0.489 e. The molecule has 2 nitrogen and oxygen atoms in total. The van der Waals surface area contributed by atoms with Gasteiger partial charge in [0, 0.05) is 6.54 Å². The Kier molecular flexibility index (Phi) is 6.36. The van der Waals surface area contributed by atoms with Gasteiger partial charge >= 0.3 is 0 Å². The molecule has 0 fully saturated rings. The van der Waals surface area contributed by atoms with Crippen molar-refractivity contribution in [1.82, 2.24) is 5.32 Å². The molecule has 0 aromatic heterocycles. The van der Waals surface area contributed by atoms with Gasteiger partial charge in [-0.3, -0.25) is 0 Å². The minimum atomic E-state index is 0.223. The first-order valence-electron chi connectivity index (χ1n) is 7.34. The van der Waals surface area contributed by atoms with Crippen molar-refractivity contribution in [2.24, 2.45) is 11.8 Å². The smallest absolute Gasteiger partial charge is 0.120 e. The van der Waals surface area contributed by atoms with Crippen LogP contribution >= 0.6 is 0 Å². The number of hydrogen-bond acceptors (Lipinski definition) is 2. The summed E-state index contributed by atoms with van der Waals surface area (Å²) in [5, 5.41) is 3.49. The Morgan fingerprint density at radius 1 is 1.00 bits per heavy atom. The fraction of sp³-hybridized carbons (Fsp3) is 0.647. The summed E-state index contributed by atoms with van der Waals surface area (Å²) < 4.78 is 6.13. The van der Waals surface area contributed by atoms with E-state index in [1.807, 2.05) is 0 Å². The van der Waals surface area contributed by atoms with Gasteiger partial charge < -0.3 is 10.1 Å². The molecule has 0 heterocycles. The van der Waals surface area contributed by atoms with Crippen LogP contribution in [0, 0.1) is 25.7 Å². The summed E-state index contributed by atoms with van der Waals surface area (Å²) in [7, 11) is 0. The molecule has 1 atom stereocenters. The van der Waals surface area contributed by atoms with Crippen LogP contribution in [0.3, 0.4) is 0 Å². The molecular weight excluding hydrogens is 234 g/mol. The van der Waals surface area contributed by atoms with E-state index in [-0.39, 0.29) is 6.10 Å². The molecule has 0 radical (unpaired) electrons. The molecule has 1 aromatic rings. The zero-order valence-corrected chi connectivity index (χ0v) is 13.3. The third-order valence-corrected chi connectivity index (χ3v) is 3.41. The maximum Gasteiger partial charge on any atom is 0.120 e. The van der Waals surface area contributed by atoms with E-state index in [1.165, 1.54) is 11.1 Å². The van der Waals surface area contributed by atoms with Crippen LogP contribution in [0.4, 0.5) is 0 Å². The van der Waals surface area contributed by atoms with Crippen LogP contribution in [0.25, 0.3) is 0 Å². The van der Waals surface area contributed by atoms with Crippen LogP contribution in [0.2, 0.25) is 0 Å². The summed E-state index contributed by atoms with van der Waals surface area (Å²) >= 11 is 0. The first kappa shape index (κ1) is 16.0. The predicted octanol–water partition coefficient (Wildman–Crippen LogP) is 3.95. The van der Waals surface area contributed by atoms with Gasteiger partial charge in [-0.2, -0.15) is 0 Å². The molecule has 0 spiro atoms. The van der Waals surface area contributed by atoms with E-state index in [0.717, 1.165) is 18.8 Å². The van der Waals surface area contributed by atoms with Crippen molar-refractivity contribution in [3.8, 4) is 5.75 Å². The highest BCUT2D eigenvalue weighted by molar-refractivity contribution is 5.33. The van der Waals surface area contributed by atoms with E-state index in [0.29, 0.717) is 11.8 Å². The van der Waals surface area contributed by atoms with Gasteiger partial charge in [-0.1, -0.05) is 33.8 Å². The van der Waals surface area contributed by atoms with Crippen molar-refractivity contribution in [1.29, 1.82) is 0 Å². The second-order valence-electron chi connectivity index (χ2n) is 6.20. The van der Waals surface area contributed by atoms with E-state index in [1.54, 1.807) is 0 Å². The molecule has 1 N–H and O–H groups in total. The summed E-state index contributed by atoms with van der Waals surface area (Å²) in [4.78, 5) is 0. The summed E-state index contributed by atoms with van der Waals surface area (Å²) in [6.45, 7) is 15.1. The third kappa shape index (κ3) is 5.65. The molecule has 108 valence electrons. The van der Waals surface area contributed by atoms with Crippen molar-refractivity contribution in [3.63, 3.8) is 0 Å². The fourth-order valence-electron chi connectivity index (χ4n) is 1.89. The predicted molar refractivity (Wildman–Crippen MR) is 82.9 cm³/mol. The minimum absolute atomic E-state index is 0.223. The SMILES string of the molecule is Cc1ccc(OC(CNCC(C)C)C(C)C)cc1C. The van der Waals surface area contributed by atoms with Gasteiger partial charge in [-0.15, -0.1) is 0 Å². The first-order chi connectivity index (χ1) is 8.90. The Bertz CT molecular complexity index is 385. The van der Waals surface area contributed by atoms with Crippen molar-refractivity contribution in [2.45, 2.75) is 47.6 Å². The van der Waals surface area contributed by atoms with Crippen LogP contribution < -0.4 is 10.1 Å². The first-order valence-corrected chi connectivity index (χ1v) is 7.34. The average molecular weight is 263 g/mol. The fourth-order valence-corrected chi connectivity index (χ4v) is 1.89. The Hall–Kier alpha value is -1.02. The number of benzene rings is 1. The minimum Gasteiger partial charge on any atom is -0.489 e. The summed E-state index contributed by atoms with van der Waals surface area (Å²) in [6, 6.07) is 6.33.